The van der Waals surface area contributed by atoms with Crippen LogP contribution in [0.25, 0.3) is 0 Å². The van der Waals surface area contributed by atoms with Gasteiger partial charge in [0.25, 0.3) is 0 Å². The van der Waals surface area contributed by atoms with Gasteiger partial charge in [-0.15, -0.1) is 0 Å². The molecule has 11 nitrogen and oxygen atoms in total. The van der Waals surface area contributed by atoms with Gasteiger partial charge < -0.3 is 31.2 Å². The van der Waals surface area contributed by atoms with Crippen LogP contribution in [0.4, 0.5) is 5.69 Å². The molecule has 0 bridgehead atoms. The van der Waals surface area contributed by atoms with Gasteiger partial charge >= 0.3 is 0 Å². The minimum atomic E-state index is -0.347. The van der Waals surface area contributed by atoms with Gasteiger partial charge in [0.2, 0.25) is 24.1 Å². The number of carbonyl (C=O) groups is 1. The summed E-state index contributed by atoms with van der Waals surface area (Å²) in [7, 11) is 0. The smallest absolute Gasteiger partial charge is 0.224 e. The molecule has 7 N–H and O–H groups in total. The third-order valence-corrected chi connectivity index (χ3v) is 6.67. The molecule has 0 saturated heterocycles. The van der Waals surface area contributed by atoms with Crippen molar-refractivity contribution in [3.8, 4) is 0 Å². The summed E-state index contributed by atoms with van der Waals surface area (Å²) in [5.74, 6) is 2.79. The summed E-state index contributed by atoms with van der Waals surface area (Å²) in [6, 6.07) is 8.02. The summed E-state index contributed by atoms with van der Waals surface area (Å²) < 4.78 is 10.7. The highest BCUT2D eigenvalue weighted by atomic mass is 16.5. The highest BCUT2D eigenvalue weighted by Crippen LogP contribution is 2.27. The number of nitrogens with zero attached hydrogens (tertiary/aromatic N) is 2. The maximum absolute atomic E-state index is 12.3. The second-order valence-corrected chi connectivity index (χ2v) is 10.6. The molecule has 0 spiro atoms. The number of guanidine groups is 2. The zero-order valence-corrected chi connectivity index (χ0v) is 23.8. The second-order valence-electron chi connectivity index (χ2n) is 10.6. The number of ether oxygens (including phenoxy) is 2. The summed E-state index contributed by atoms with van der Waals surface area (Å²) in [6.07, 6.45) is 5.09. The number of rotatable bonds is 15. The summed E-state index contributed by atoms with van der Waals surface area (Å²) in [5.41, 5.74) is 7.17. The maximum Gasteiger partial charge on any atom is 0.224 e. The van der Waals surface area contributed by atoms with Crippen LogP contribution < -0.4 is 32.3 Å². The third-order valence-electron chi connectivity index (χ3n) is 6.67. The van der Waals surface area contributed by atoms with Gasteiger partial charge in [0.1, 0.15) is 0 Å². The first-order valence-electron chi connectivity index (χ1n) is 14.3. The van der Waals surface area contributed by atoms with Crippen LogP contribution in [-0.2, 0) is 20.7 Å². The Kier molecular flexibility index (Phi) is 13.5. The number of nitrogens with one attached hydrogen (secondary N) is 5. The van der Waals surface area contributed by atoms with Gasteiger partial charge in [-0.05, 0) is 56.2 Å². The molecule has 1 unspecified atom stereocenters. The summed E-state index contributed by atoms with van der Waals surface area (Å²) >= 11 is 0. The van der Waals surface area contributed by atoms with Crippen molar-refractivity contribution in [1.29, 1.82) is 0 Å². The standard InChI is InChI=1S/C28H48N8O3/c1-20(2)32-27-34-26(31-19-23-6-4-21(3)5-7-23)35-28(36-27)33-24-10-8-22(9-11-24)18-25(37)30-13-15-39-17-16-38-14-12-29/h8-11,20-21,23,26,31H,4-7,12-19,29H2,1-3H3,(H,30,37)(H3,32,33,34,35,36). The van der Waals surface area contributed by atoms with Crippen LogP contribution in [0.15, 0.2) is 34.3 Å². The summed E-state index contributed by atoms with van der Waals surface area (Å²) in [4.78, 5) is 21.7. The fourth-order valence-electron chi connectivity index (χ4n) is 4.52. The van der Waals surface area contributed by atoms with Gasteiger partial charge in [-0.3, -0.25) is 15.4 Å². The molecule has 1 aromatic carbocycles. The van der Waals surface area contributed by atoms with Gasteiger partial charge in [-0.25, -0.2) is 9.98 Å². The highest BCUT2D eigenvalue weighted by molar-refractivity contribution is 6.06. The zero-order chi connectivity index (χ0) is 27.9. The Morgan fingerprint density at radius 2 is 1.72 bits per heavy atom. The van der Waals surface area contributed by atoms with Crippen LogP contribution >= 0.6 is 0 Å². The zero-order valence-electron chi connectivity index (χ0n) is 23.8. The molecule has 1 aromatic rings. The minimum absolute atomic E-state index is 0.0426. The van der Waals surface area contributed by atoms with E-state index in [1.807, 2.05) is 24.3 Å². The first-order valence-corrected chi connectivity index (χ1v) is 14.3. The van der Waals surface area contributed by atoms with Gasteiger partial charge in [0.05, 0.1) is 32.8 Å². The van der Waals surface area contributed by atoms with E-state index in [0.29, 0.717) is 63.8 Å². The Morgan fingerprint density at radius 1 is 1.03 bits per heavy atom. The predicted octanol–water partition coefficient (Wildman–Crippen LogP) is 1.76. The fraction of sp³-hybridized carbons (Fsp3) is 0.679. The van der Waals surface area contributed by atoms with Crippen molar-refractivity contribution in [1.82, 2.24) is 21.3 Å². The molecule has 1 aliphatic heterocycles. The Bertz CT molecular complexity index is 914. The molecule has 218 valence electrons. The highest BCUT2D eigenvalue weighted by Gasteiger charge is 2.21. The van der Waals surface area contributed by atoms with Crippen LogP contribution in [0.3, 0.4) is 0 Å². The number of hydrogen-bond donors (Lipinski definition) is 6. The quantitative estimate of drug-likeness (QED) is 0.183. The van der Waals surface area contributed by atoms with E-state index in [2.05, 4.69) is 47.4 Å². The lowest BCUT2D eigenvalue weighted by Crippen LogP contribution is -2.51. The fourth-order valence-corrected chi connectivity index (χ4v) is 4.52. The van der Waals surface area contributed by atoms with E-state index >= 15 is 0 Å². The van der Waals surface area contributed by atoms with Crippen LogP contribution in [0, 0.1) is 11.8 Å². The summed E-state index contributed by atoms with van der Waals surface area (Å²) in [5, 5.41) is 16.4. The molecule has 1 aliphatic carbocycles. The van der Waals surface area contributed by atoms with Gasteiger partial charge in [0.15, 0.2) is 0 Å². The molecule has 1 fully saturated rings. The van der Waals surface area contributed by atoms with Crippen LogP contribution in [-0.4, -0.2) is 76.2 Å². The molecular formula is C28H48N8O3. The SMILES string of the molecule is CC1CCC(CNC2N=C(Nc3ccc(CC(=O)NCCOCCOCCN)cc3)NC(NC(C)C)=N2)CC1. The van der Waals surface area contributed by atoms with Crippen molar-refractivity contribution < 1.29 is 14.3 Å². The molecule has 0 radical (unpaired) electrons. The molecule has 1 atom stereocenters. The average Bonchev–Trinajstić information content (AvgIpc) is 2.90. The van der Waals surface area contributed by atoms with Gasteiger partial charge in [-0.2, -0.15) is 0 Å². The topological polar surface area (TPSA) is 146 Å². The molecule has 2 aliphatic rings. The lowest BCUT2D eigenvalue weighted by atomic mass is 9.83. The van der Waals surface area contributed by atoms with E-state index in [1.54, 1.807) is 0 Å². The molecule has 3 rings (SSSR count). The molecule has 1 heterocycles. The molecule has 1 saturated carbocycles. The molecule has 0 aromatic heterocycles. The predicted molar refractivity (Wildman–Crippen MR) is 157 cm³/mol. The van der Waals surface area contributed by atoms with Gasteiger partial charge in [0, 0.05) is 31.4 Å². The van der Waals surface area contributed by atoms with Crippen molar-refractivity contribution in [2.45, 2.75) is 65.2 Å². The van der Waals surface area contributed by atoms with Crippen LogP contribution in [0.1, 0.15) is 52.0 Å². The Labute approximate surface area is 233 Å². The second kappa shape index (κ2) is 17.1. The Morgan fingerprint density at radius 3 is 2.41 bits per heavy atom. The van der Waals surface area contributed by atoms with E-state index in [4.69, 9.17) is 25.2 Å². The Balaban J connectivity index is 1.44. The first kappa shape index (κ1) is 30.8. The maximum atomic E-state index is 12.3. The number of hydrogen-bond acceptors (Lipinski definition) is 10. The summed E-state index contributed by atoms with van der Waals surface area (Å²) in [6.45, 7) is 10.4. The number of nitrogens with two attached hydrogens (primary N) is 1. The van der Waals surface area contributed by atoms with Crippen molar-refractivity contribution in [2.24, 2.45) is 27.6 Å². The van der Waals surface area contributed by atoms with E-state index < -0.39 is 0 Å². The van der Waals surface area contributed by atoms with E-state index in [9.17, 15) is 4.79 Å². The average molecular weight is 545 g/mol. The van der Waals surface area contributed by atoms with E-state index in [-0.39, 0.29) is 18.2 Å². The third kappa shape index (κ3) is 12.3. The van der Waals surface area contributed by atoms with Crippen molar-refractivity contribution in [2.75, 3.05) is 51.4 Å². The molecule has 1 amide bonds. The van der Waals surface area contributed by atoms with Gasteiger partial charge in [-0.1, -0.05) is 31.9 Å². The number of anilines is 1. The van der Waals surface area contributed by atoms with E-state index in [0.717, 1.165) is 23.7 Å². The number of amides is 1. The minimum Gasteiger partial charge on any atom is -0.378 e. The molecular weight excluding hydrogens is 496 g/mol. The van der Waals surface area contributed by atoms with Crippen molar-refractivity contribution in [3.63, 3.8) is 0 Å². The van der Waals surface area contributed by atoms with Crippen molar-refractivity contribution in [3.05, 3.63) is 29.8 Å². The van der Waals surface area contributed by atoms with Crippen molar-refractivity contribution >= 4 is 23.5 Å². The van der Waals surface area contributed by atoms with E-state index in [1.165, 1.54) is 25.7 Å². The van der Waals surface area contributed by atoms with Crippen LogP contribution in [0.5, 0.6) is 0 Å². The molecule has 11 heteroatoms. The Hall–Kier alpha value is -2.73. The normalized spacial score (nSPS) is 21.1. The number of benzene rings is 1. The monoisotopic (exact) mass is 544 g/mol. The number of aliphatic imine (C=N–C) groups is 2. The largest absolute Gasteiger partial charge is 0.378 e. The molecule has 39 heavy (non-hydrogen) atoms. The van der Waals surface area contributed by atoms with Crippen LogP contribution in [0.2, 0.25) is 0 Å². The number of carbonyl (C=O) groups excluding carboxylic acids is 1. The first-order chi connectivity index (χ1) is 18.9. The lowest BCUT2D eigenvalue weighted by Gasteiger charge is -2.28. The lowest BCUT2D eigenvalue weighted by molar-refractivity contribution is -0.120.